The molecule has 10 heteroatoms. The van der Waals surface area contributed by atoms with Gasteiger partial charge < -0.3 is 21.3 Å². The summed E-state index contributed by atoms with van der Waals surface area (Å²) in [5, 5.41) is 11.8. The quantitative estimate of drug-likeness (QED) is 0.135. The standard InChI is InChI=1S/C34H45N5O5.C2H6/c1-3-25-16-18-27(19-17-25)36-33(43)28(14-9-10-22-35-2)38-34(44)29(24-26-12-6-4-7-13-26)37-30(40)15-8-5-11-23-39-31(41)20-21-32(39)42;1-2/h4,6-7,12-13,16-21,28-29,35H,3,5,8-11,14-15,22-24H2,1-2H3,(H,36,43)(H,37,40)(H,38,44);1-2H3/t28-,29-;/m0./s1. The Morgan fingerprint density at radius 2 is 1.41 bits per heavy atom. The molecule has 0 saturated heterocycles. The highest BCUT2D eigenvalue weighted by molar-refractivity contribution is 6.12. The summed E-state index contributed by atoms with van der Waals surface area (Å²) < 4.78 is 0. The number of nitrogens with one attached hydrogen (secondary N) is 4. The molecular weight excluding hydrogens is 582 g/mol. The lowest BCUT2D eigenvalue weighted by Crippen LogP contribution is -2.53. The highest BCUT2D eigenvalue weighted by atomic mass is 16.2. The van der Waals surface area contributed by atoms with E-state index in [2.05, 4.69) is 28.2 Å². The fraction of sp³-hybridized carbons (Fsp3) is 0.472. The average Bonchev–Trinajstić information content (AvgIpc) is 3.39. The van der Waals surface area contributed by atoms with Gasteiger partial charge in [0.2, 0.25) is 17.7 Å². The predicted molar refractivity (Wildman–Crippen MR) is 182 cm³/mol. The summed E-state index contributed by atoms with van der Waals surface area (Å²) in [6, 6.07) is 15.4. The molecule has 0 bridgehead atoms. The van der Waals surface area contributed by atoms with Gasteiger partial charge in [-0.3, -0.25) is 28.9 Å². The van der Waals surface area contributed by atoms with Crippen LogP contribution in [0, 0.1) is 0 Å². The van der Waals surface area contributed by atoms with Crippen LogP contribution < -0.4 is 21.3 Å². The Balaban J connectivity index is 0.00000361. The first-order chi connectivity index (χ1) is 22.3. The summed E-state index contributed by atoms with van der Waals surface area (Å²) in [7, 11) is 1.87. The number of hydrogen-bond donors (Lipinski definition) is 4. The number of carbonyl (C=O) groups excluding carboxylic acids is 5. The lowest BCUT2D eigenvalue weighted by molar-refractivity contribution is -0.137. The van der Waals surface area contributed by atoms with E-state index in [0.717, 1.165) is 36.9 Å². The molecule has 0 unspecified atom stereocenters. The molecule has 0 aliphatic carbocycles. The van der Waals surface area contributed by atoms with Gasteiger partial charge in [0.25, 0.3) is 11.8 Å². The van der Waals surface area contributed by atoms with E-state index in [1.54, 1.807) is 0 Å². The molecule has 2 aromatic rings. The second-order valence-corrected chi connectivity index (χ2v) is 11.0. The number of aryl methyl sites for hydroxylation is 1. The van der Waals surface area contributed by atoms with Crippen molar-refractivity contribution >= 4 is 35.2 Å². The van der Waals surface area contributed by atoms with Crippen LogP contribution in [0.25, 0.3) is 0 Å². The van der Waals surface area contributed by atoms with E-state index in [-0.39, 0.29) is 36.5 Å². The first-order valence-electron chi connectivity index (χ1n) is 16.5. The Hall–Kier alpha value is -4.31. The van der Waals surface area contributed by atoms with Crippen LogP contribution in [0.1, 0.15) is 76.8 Å². The molecule has 0 spiro atoms. The maximum atomic E-state index is 13.6. The average molecular weight is 634 g/mol. The van der Waals surface area contributed by atoms with Crippen molar-refractivity contribution in [3.05, 3.63) is 77.9 Å². The zero-order chi connectivity index (χ0) is 33.7. The van der Waals surface area contributed by atoms with Crippen molar-refractivity contribution < 1.29 is 24.0 Å². The Morgan fingerprint density at radius 3 is 2.04 bits per heavy atom. The first kappa shape index (κ1) is 37.9. The van der Waals surface area contributed by atoms with Gasteiger partial charge in [-0.05, 0) is 75.4 Å². The van der Waals surface area contributed by atoms with E-state index in [9.17, 15) is 24.0 Å². The number of anilines is 1. The Morgan fingerprint density at radius 1 is 0.739 bits per heavy atom. The highest BCUT2D eigenvalue weighted by Gasteiger charge is 2.27. The molecule has 0 aromatic heterocycles. The summed E-state index contributed by atoms with van der Waals surface area (Å²) in [5.74, 6) is -1.63. The predicted octanol–water partition coefficient (Wildman–Crippen LogP) is 4.30. The summed E-state index contributed by atoms with van der Waals surface area (Å²) in [5.41, 5.74) is 2.70. The number of amides is 5. The molecule has 46 heavy (non-hydrogen) atoms. The number of rotatable bonds is 19. The van der Waals surface area contributed by atoms with Crippen molar-refractivity contribution in [1.82, 2.24) is 20.9 Å². The van der Waals surface area contributed by atoms with Crippen LogP contribution in [-0.4, -0.2) is 66.7 Å². The molecule has 1 aliphatic rings. The van der Waals surface area contributed by atoms with Crippen LogP contribution in [0.3, 0.4) is 0 Å². The number of imide groups is 1. The molecule has 1 aliphatic heterocycles. The van der Waals surface area contributed by atoms with Gasteiger partial charge in [0.15, 0.2) is 0 Å². The van der Waals surface area contributed by atoms with Gasteiger partial charge in [-0.25, -0.2) is 0 Å². The molecule has 0 fully saturated rings. The molecule has 10 nitrogen and oxygen atoms in total. The van der Waals surface area contributed by atoms with Gasteiger partial charge in [0, 0.05) is 37.2 Å². The van der Waals surface area contributed by atoms with Gasteiger partial charge in [-0.1, -0.05) is 69.7 Å². The molecule has 1 heterocycles. The third kappa shape index (κ3) is 13.4. The SMILES string of the molecule is CC.CCc1ccc(NC(=O)[C@H](CCCCNC)NC(=O)[C@H](Cc2ccccc2)NC(=O)CCCCCN2C(=O)C=CC2=O)cc1. The van der Waals surface area contributed by atoms with Gasteiger partial charge >= 0.3 is 0 Å². The minimum atomic E-state index is -0.868. The summed E-state index contributed by atoms with van der Waals surface area (Å²) in [4.78, 5) is 64.5. The number of hydrogen-bond acceptors (Lipinski definition) is 6. The molecule has 0 saturated carbocycles. The molecule has 4 N–H and O–H groups in total. The maximum absolute atomic E-state index is 13.6. The minimum absolute atomic E-state index is 0.195. The number of nitrogens with zero attached hydrogens (tertiary/aromatic N) is 1. The lowest BCUT2D eigenvalue weighted by Gasteiger charge is -2.23. The zero-order valence-electron chi connectivity index (χ0n) is 27.8. The second-order valence-electron chi connectivity index (χ2n) is 11.0. The highest BCUT2D eigenvalue weighted by Crippen LogP contribution is 2.13. The maximum Gasteiger partial charge on any atom is 0.253 e. The molecule has 250 valence electrons. The molecular formula is C36H51N5O5. The lowest BCUT2D eigenvalue weighted by atomic mass is 10.0. The summed E-state index contributed by atoms with van der Waals surface area (Å²) >= 11 is 0. The Labute approximate surface area is 273 Å². The van der Waals surface area contributed by atoms with Crippen LogP contribution >= 0.6 is 0 Å². The van der Waals surface area contributed by atoms with E-state index >= 15 is 0 Å². The van der Waals surface area contributed by atoms with E-state index < -0.39 is 18.0 Å². The van der Waals surface area contributed by atoms with Gasteiger partial charge in [0.1, 0.15) is 12.1 Å². The zero-order valence-corrected chi connectivity index (χ0v) is 27.8. The second kappa shape index (κ2) is 21.4. The van der Waals surface area contributed by atoms with Crippen molar-refractivity contribution in [3.63, 3.8) is 0 Å². The number of carbonyl (C=O) groups is 5. The Bertz CT molecular complexity index is 1260. The van der Waals surface area contributed by atoms with Gasteiger partial charge in [-0.15, -0.1) is 0 Å². The molecule has 2 aromatic carbocycles. The molecule has 5 amide bonds. The van der Waals surface area contributed by atoms with Crippen molar-refractivity contribution in [3.8, 4) is 0 Å². The van der Waals surface area contributed by atoms with Crippen molar-refractivity contribution in [1.29, 1.82) is 0 Å². The number of benzene rings is 2. The monoisotopic (exact) mass is 633 g/mol. The van der Waals surface area contributed by atoms with Crippen molar-refractivity contribution in [2.75, 3.05) is 25.5 Å². The summed E-state index contributed by atoms with van der Waals surface area (Å²) in [6.45, 7) is 7.18. The summed E-state index contributed by atoms with van der Waals surface area (Å²) in [6.07, 6.45) is 7.69. The smallest absolute Gasteiger partial charge is 0.253 e. The minimum Gasteiger partial charge on any atom is -0.344 e. The van der Waals surface area contributed by atoms with Crippen molar-refractivity contribution in [2.45, 2.75) is 90.6 Å². The van der Waals surface area contributed by atoms with E-state index in [0.29, 0.717) is 37.9 Å². The largest absolute Gasteiger partial charge is 0.344 e. The van der Waals surface area contributed by atoms with Crippen molar-refractivity contribution in [2.24, 2.45) is 0 Å². The first-order valence-corrected chi connectivity index (χ1v) is 16.5. The van der Waals surface area contributed by atoms with Crippen LogP contribution in [0.5, 0.6) is 0 Å². The molecule has 0 radical (unpaired) electrons. The molecule has 2 atom stereocenters. The third-order valence-electron chi connectivity index (χ3n) is 7.55. The van der Waals surface area contributed by atoms with Crippen LogP contribution in [-0.2, 0) is 36.8 Å². The van der Waals surface area contributed by atoms with E-state index in [1.807, 2.05) is 75.5 Å². The van der Waals surface area contributed by atoms with Crippen LogP contribution in [0.2, 0.25) is 0 Å². The fourth-order valence-electron chi connectivity index (χ4n) is 4.95. The van der Waals surface area contributed by atoms with Crippen LogP contribution in [0.15, 0.2) is 66.7 Å². The Kier molecular flexibility index (Phi) is 17.6. The van der Waals surface area contributed by atoms with E-state index in [4.69, 9.17) is 0 Å². The van der Waals surface area contributed by atoms with Crippen LogP contribution in [0.4, 0.5) is 5.69 Å². The number of unbranched alkanes of at least 4 members (excludes halogenated alkanes) is 3. The van der Waals surface area contributed by atoms with E-state index in [1.165, 1.54) is 17.1 Å². The molecule has 3 rings (SSSR count). The topological polar surface area (TPSA) is 137 Å². The third-order valence-corrected chi connectivity index (χ3v) is 7.55. The van der Waals surface area contributed by atoms with Gasteiger partial charge in [0.05, 0.1) is 0 Å². The normalized spacial score (nSPS) is 13.4. The van der Waals surface area contributed by atoms with Gasteiger partial charge in [-0.2, -0.15) is 0 Å². The fourth-order valence-corrected chi connectivity index (χ4v) is 4.95.